The van der Waals surface area contributed by atoms with Crippen molar-refractivity contribution in [2.45, 2.75) is 6.61 Å². The molecule has 0 aliphatic heterocycles. The van der Waals surface area contributed by atoms with E-state index < -0.39 is 11.8 Å². The number of anilines is 1. The maximum atomic E-state index is 12.0. The van der Waals surface area contributed by atoms with Crippen LogP contribution in [-0.4, -0.2) is 25.1 Å². The van der Waals surface area contributed by atoms with Crippen LogP contribution in [0.1, 0.15) is 11.1 Å². The van der Waals surface area contributed by atoms with Gasteiger partial charge >= 0.3 is 11.8 Å². The Morgan fingerprint density at radius 2 is 1.70 bits per heavy atom. The molecule has 0 aromatic heterocycles. The lowest BCUT2D eigenvalue weighted by molar-refractivity contribution is -0.136. The van der Waals surface area contributed by atoms with Gasteiger partial charge in [-0.2, -0.15) is 5.10 Å². The fraction of sp³-hybridized carbons (Fsp3) is 0.0870. The molecular formula is C23H18Cl3N3O4. The summed E-state index contributed by atoms with van der Waals surface area (Å²) < 4.78 is 11.2. The van der Waals surface area contributed by atoms with Crippen molar-refractivity contribution in [2.75, 3.05) is 12.4 Å². The van der Waals surface area contributed by atoms with E-state index in [1.165, 1.54) is 31.5 Å². The second-order valence-corrected chi connectivity index (χ2v) is 7.79. The number of halogens is 3. The van der Waals surface area contributed by atoms with Gasteiger partial charge in [-0.15, -0.1) is 0 Å². The lowest BCUT2D eigenvalue weighted by atomic mass is 10.2. The van der Waals surface area contributed by atoms with E-state index in [4.69, 9.17) is 44.3 Å². The van der Waals surface area contributed by atoms with Crippen molar-refractivity contribution >= 4 is 58.5 Å². The highest BCUT2D eigenvalue weighted by Crippen LogP contribution is 2.29. The first kappa shape index (κ1) is 24.4. The van der Waals surface area contributed by atoms with Gasteiger partial charge < -0.3 is 14.8 Å². The van der Waals surface area contributed by atoms with Gasteiger partial charge in [-0.1, -0.05) is 53.0 Å². The Bertz CT molecular complexity index is 1200. The Morgan fingerprint density at radius 3 is 2.42 bits per heavy atom. The molecule has 0 spiro atoms. The number of methoxy groups -OCH3 is 1. The van der Waals surface area contributed by atoms with Gasteiger partial charge in [0.15, 0.2) is 11.5 Å². The summed E-state index contributed by atoms with van der Waals surface area (Å²) in [5.74, 6) is -0.885. The van der Waals surface area contributed by atoms with Crippen LogP contribution >= 0.6 is 34.8 Å². The number of ether oxygens (including phenoxy) is 2. The summed E-state index contributed by atoms with van der Waals surface area (Å²) in [6.07, 6.45) is 1.37. The Morgan fingerprint density at radius 1 is 0.909 bits per heavy atom. The van der Waals surface area contributed by atoms with E-state index in [1.54, 1.807) is 24.3 Å². The van der Waals surface area contributed by atoms with Crippen LogP contribution in [0.25, 0.3) is 0 Å². The zero-order valence-electron chi connectivity index (χ0n) is 17.3. The third-order valence-corrected chi connectivity index (χ3v) is 5.40. The van der Waals surface area contributed by atoms with Gasteiger partial charge in [0.25, 0.3) is 0 Å². The Balaban J connectivity index is 1.57. The fourth-order valence-corrected chi connectivity index (χ4v) is 3.12. The molecule has 0 aliphatic carbocycles. The lowest BCUT2D eigenvalue weighted by Crippen LogP contribution is -2.32. The van der Waals surface area contributed by atoms with E-state index in [0.717, 1.165) is 5.56 Å². The van der Waals surface area contributed by atoms with Gasteiger partial charge in [0.2, 0.25) is 0 Å². The van der Waals surface area contributed by atoms with E-state index in [-0.39, 0.29) is 11.6 Å². The molecule has 0 fully saturated rings. The molecule has 0 saturated heterocycles. The molecule has 170 valence electrons. The van der Waals surface area contributed by atoms with Crippen molar-refractivity contribution < 1.29 is 19.1 Å². The van der Waals surface area contributed by atoms with Gasteiger partial charge in [-0.3, -0.25) is 9.59 Å². The van der Waals surface area contributed by atoms with Crippen LogP contribution in [0.2, 0.25) is 15.1 Å². The molecular weight excluding hydrogens is 489 g/mol. The van der Waals surface area contributed by atoms with E-state index in [0.29, 0.717) is 32.8 Å². The Kier molecular flexibility index (Phi) is 8.54. The predicted molar refractivity (Wildman–Crippen MR) is 130 cm³/mol. The maximum absolute atomic E-state index is 12.0. The second-order valence-electron chi connectivity index (χ2n) is 6.57. The topological polar surface area (TPSA) is 89.0 Å². The molecule has 3 aromatic carbocycles. The third-order valence-electron chi connectivity index (χ3n) is 4.29. The molecule has 0 saturated carbocycles. The van der Waals surface area contributed by atoms with Crippen LogP contribution in [-0.2, 0) is 16.2 Å². The molecule has 0 unspecified atom stereocenters. The summed E-state index contributed by atoms with van der Waals surface area (Å²) in [6.45, 7) is 0.271. The van der Waals surface area contributed by atoms with E-state index in [2.05, 4.69) is 15.8 Å². The van der Waals surface area contributed by atoms with Gasteiger partial charge in [-0.25, -0.2) is 5.43 Å². The smallest absolute Gasteiger partial charge is 0.329 e. The van der Waals surface area contributed by atoms with Crippen LogP contribution in [0.15, 0.2) is 65.8 Å². The fourth-order valence-electron chi connectivity index (χ4n) is 2.63. The van der Waals surface area contributed by atoms with Crippen molar-refractivity contribution in [3.8, 4) is 11.5 Å². The molecule has 3 aromatic rings. The number of carbonyl (C=O) groups excluding carboxylic acids is 2. The van der Waals surface area contributed by atoms with Crippen molar-refractivity contribution in [1.82, 2.24) is 5.43 Å². The maximum Gasteiger partial charge on any atom is 0.329 e. The molecule has 7 nitrogen and oxygen atoms in total. The van der Waals surface area contributed by atoms with Crippen LogP contribution < -0.4 is 20.2 Å². The number of nitrogens with one attached hydrogen (secondary N) is 2. The predicted octanol–water partition coefficient (Wildman–Crippen LogP) is 5.32. The van der Waals surface area contributed by atoms with Crippen LogP contribution in [0, 0.1) is 0 Å². The Hall–Kier alpha value is -3.26. The monoisotopic (exact) mass is 505 g/mol. The average Bonchev–Trinajstić information content (AvgIpc) is 2.81. The highest BCUT2D eigenvalue weighted by atomic mass is 35.5. The van der Waals surface area contributed by atoms with E-state index in [1.807, 2.05) is 18.2 Å². The molecule has 2 amide bonds. The van der Waals surface area contributed by atoms with Crippen molar-refractivity contribution in [2.24, 2.45) is 5.10 Å². The molecule has 0 radical (unpaired) electrons. The van der Waals surface area contributed by atoms with Gasteiger partial charge in [0, 0.05) is 16.3 Å². The number of hydrogen-bond acceptors (Lipinski definition) is 5. The highest BCUT2D eigenvalue weighted by Gasteiger charge is 2.13. The van der Waals surface area contributed by atoms with Crippen LogP contribution in [0.3, 0.4) is 0 Å². The first-order valence-electron chi connectivity index (χ1n) is 9.51. The SMILES string of the molecule is COc1cc(/C=N/NC(=O)C(=O)Nc2ccc(Cl)c(Cl)c2)ccc1OCc1ccccc1Cl. The largest absolute Gasteiger partial charge is 0.493 e. The number of benzene rings is 3. The highest BCUT2D eigenvalue weighted by molar-refractivity contribution is 6.43. The van der Waals surface area contributed by atoms with Crippen LogP contribution in [0.5, 0.6) is 11.5 Å². The summed E-state index contributed by atoms with van der Waals surface area (Å²) in [4.78, 5) is 24.0. The van der Waals surface area contributed by atoms with Gasteiger partial charge in [0.1, 0.15) is 6.61 Å². The Labute approximate surface area is 205 Å². The molecule has 0 atom stereocenters. The molecule has 0 heterocycles. The third kappa shape index (κ3) is 6.86. The van der Waals surface area contributed by atoms with Crippen LogP contribution in [0.4, 0.5) is 5.69 Å². The summed E-state index contributed by atoms with van der Waals surface area (Å²) in [7, 11) is 1.51. The average molecular weight is 507 g/mol. The summed E-state index contributed by atoms with van der Waals surface area (Å²) >= 11 is 17.9. The molecule has 10 heteroatoms. The first-order chi connectivity index (χ1) is 15.9. The van der Waals surface area contributed by atoms with Gasteiger partial charge in [0.05, 0.1) is 23.4 Å². The van der Waals surface area contributed by atoms with Crippen molar-refractivity contribution in [3.63, 3.8) is 0 Å². The lowest BCUT2D eigenvalue weighted by Gasteiger charge is -2.12. The zero-order valence-corrected chi connectivity index (χ0v) is 19.5. The number of rotatable bonds is 7. The molecule has 33 heavy (non-hydrogen) atoms. The van der Waals surface area contributed by atoms with E-state index in [9.17, 15) is 9.59 Å². The summed E-state index contributed by atoms with van der Waals surface area (Å²) in [5, 5.41) is 7.40. The quantitative estimate of drug-likeness (QED) is 0.258. The molecule has 0 bridgehead atoms. The summed E-state index contributed by atoms with van der Waals surface area (Å²) in [5.41, 5.74) is 3.93. The van der Waals surface area contributed by atoms with Crippen molar-refractivity contribution in [3.05, 3.63) is 86.9 Å². The standard InChI is InChI=1S/C23H18Cl3N3O4/c1-32-21-10-14(6-9-20(21)33-13-15-4-2-3-5-17(15)24)12-27-29-23(31)22(30)28-16-7-8-18(25)19(26)11-16/h2-12H,13H2,1H3,(H,28,30)(H,29,31)/b27-12+. The molecule has 2 N–H and O–H groups in total. The number of hydrazone groups is 1. The molecule has 3 rings (SSSR count). The minimum Gasteiger partial charge on any atom is -0.493 e. The van der Waals surface area contributed by atoms with Crippen molar-refractivity contribution in [1.29, 1.82) is 0 Å². The zero-order chi connectivity index (χ0) is 23.8. The van der Waals surface area contributed by atoms with Gasteiger partial charge in [-0.05, 0) is 48.0 Å². The number of carbonyl (C=O) groups is 2. The second kappa shape index (κ2) is 11.6. The normalized spacial score (nSPS) is 10.7. The minimum atomic E-state index is -0.955. The summed E-state index contributed by atoms with van der Waals surface area (Å²) in [6, 6.07) is 16.9. The number of amides is 2. The van der Waals surface area contributed by atoms with E-state index >= 15 is 0 Å². The molecule has 0 aliphatic rings. The first-order valence-corrected chi connectivity index (χ1v) is 10.6. The number of nitrogens with zero attached hydrogens (tertiary/aromatic N) is 1. The number of hydrogen-bond donors (Lipinski definition) is 2. The minimum absolute atomic E-state index is 0.251.